The van der Waals surface area contributed by atoms with Crippen LogP contribution in [0.1, 0.15) is 95.6 Å². The summed E-state index contributed by atoms with van der Waals surface area (Å²) in [7, 11) is 1.54. The Hall–Kier alpha value is -8.57. The predicted octanol–water partition coefficient (Wildman–Crippen LogP) is 7.47. The van der Waals surface area contributed by atoms with Crippen molar-refractivity contribution in [2.24, 2.45) is 0 Å². The molecule has 83 heavy (non-hydrogen) atoms. The molecule has 0 spiro atoms. The number of imide groups is 1. The number of anilines is 2. The zero-order chi connectivity index (χ0) is 59.2. The molecule has 438 valence electrons. The van der Waals surface area contributed by atoms with Gasteiger partial charge in [-0.05, 0) is 87.7 Å². The minimum Gasteiger partial charge on any atom is -0.479 e. The van der Waals surface area contributed by atoms with E-state index >= 15 is 0 Å². The predicted molar refractivity (Wildman–Crippen MR) is 303 cm³/mol. The SMILES string of the molecule is CC.CN(CCOCCc1ccc(NC(=O)NCc2ccc3c(c2)CN(C2CCC(=O)NC2=O)C3=O)cc1Cl)C(=O)OCc1ccc(OC2CC(O)CC(C(=O)O)O2)c(NC(=O)CCNC(=O)OCC2c3ccccc3-c3ccccc32)c1. The van der Waals surface area contributed by atoms with E-state index in [1.807, 2.05) is 68.4 Å². The van der Waals surface area contributed by atoms with E-state index in [4.69, 9.17) is 35.3 Å². The number of hydrogen-bond donors (Lipinski definition) is 7. The van der Waals surface area contributed by atoms with E-state index in [1.165, 1.54) is 21.9 Å². The third kappa shape index (κ3) is 15.7. The molecule has 5 aromatic rings. The summed E-state index contributed by atoms with van der Waals surface area (Å²) in [4.78, 5) is 104. The van der Waals surface area contributed by atoms with Crippen LogP contribution in [0.25, 0.3) is 11.1 Å². The number of carboxylic acid groups (broad SMARTS) is 1. The van der Waals surface area contributed by atoms with E-state index in [9.17, 15) is 48.6 Å². The number of alkyl carbamates (subject to hydrolysis) is 1. The molecule has 5 aromatic carbocycles. The molecule has 3 aliphatic heterocycles. The van der Waals surface area contributed by atoms with Gasteiger partial charge < -0.3 is 65.0 Å². The fraction of sp³-hybridized carbons (Fsp3) is 0.367. The average Bonchev–Trinajstić information content (AvgIpc) is 3.94. The molecule has 4 unspecified atom stereocenters. The molecule has 4 aliphatic rings. The van der Waals surface area contributed by atoms with Crippen molar-refractivity contribution in [3.63, 3.8) is 0 Å². The second-order valence-electron chi connectivity index (χ2n) is 19.9. The molecular weight excluding hydrogens is 1090 g/mol. The molecule has 0 saturated carbocycles. The maximum absolute atomic E-state index is 13.3. The van der Waals surface area contributed by atoms with Crippen molar-refractivity contribution in [3.05, 3.63) is 147 Å². The van der Waals surface area contributed by atoms with E-state index in [-0.39, 0.29) is 114 Å². The zero-order valence-electron chi connectivity index (χ0n) is 46.1. The van der Waals surface area contributed by atoms with Crippen molar-refractivity contribution in [2.45, 2.75) is 103 Å². The molecule has 0 aromatic heterocycles. The van der Waals surface area contributed by atoms with Crippen LogP contribution in [0, 0.1) is 0 Å². The molecule has 4 atom stereocenters. The first-order valence-corrected chi connectivity index (χ1v) is 27.7. The topological polar surface area (TPSA) is 290 Å². The first-order valence-electron chi connectivity index (χ1n) is 27.4. The number of ether oxygens (including phenoxy) is 5. The number of urea groups is 1. The summed E-state index contributed by atoms with van der Waals surface area (Å²) in [6, 6.07) is 29.6. The molecular formula is C60H66ClN7O15. The highest BCUT2D eigenvalue weighted by atomic mass is 35.5. The van der Waals surface area contributed by atoms with Crippen LogP contribution in [0.4, 0.5) is 25.8 Å². The van der Waals surface area contributed by atoms with Gasteiger partial charge in [0.05, 0.1) is 25.0 Å². The number of aliphatic hydroxyl groups excluding tert-OH is 1. The Kier molecular flexibility index (Phi) is 20.7. The quantitative estimate of drug-likeness (QED) is 0.0277. The van der Waals surface area contributed by atoms with Crippen molar-refractivity contribution in [1.82, 2.24) is 25.8 Å². The number of nitrogens with zero attached hydrogens (tertiary/aromatic N) is 2. The Bertz CT molecular complexity index is 3190. The average molecular weight is 1160 g/mol. The van der Waals surface area contributed by atoms with E-state index in [1.54, 1.807) is 43.4 Å². The van der Waals surface area contributed by atoms with Crippen molar-refractivity contribution < 1.29 is 72.3 Å². The number of benzene rings is 5. The van der Waals surface area contributed by atoms with Crippen molar-refractivity contribution in [1.29, 1.82) is 0 Å². The summed E-state index contributed by atoms with van der Waals surface area (Å²) in [6.07, 6.45) is -4.34. The number of halogens is 1. The molecule has 2 fully saturated rings. The van der Waals surface area contributed by atoms with Crippen molar-refractivity contribution in [2.75, 3.05) is 50.6 Å². The van der Waals surface area contributed by atoms with Gasteiger partial charge in [0.15, 0.2) is 6.10 Å². The zero-order valence-corrected chi connectivity index (χ0v) is 46.8. The molecule has 8 amide bonds. The number of hydrogen-bond acceptors (Lipinski definition) is 14. The van der Waals surface area contributed by atoms with E-state index in [2.05, 4.69) is 26.6 Å². The summed E-state index contributed by atoms with van der Waals surface area (Å²) in [5.74, 6) is -2.96. The monoisotopic (exact) mass is 1160 g/mol. The van der Waals surface area contributed by atoms with Gasteiger partial charge in [0.25, 0.3) is 5.91 Å². The smallest absolute Gasteiger partial charge is 0.409 e. The van der Waals surface area contributed by atoms with Gasteiger partial charge in [0.2, 0.25) is 24.0 Å². The number of aliphatic carboxylic acids is 1. The number of carbonyl (C=O) groups excluding carboxylic acids is 7. The number of amides is 8. The first-order chi connectivity index (χ1) is 40.1. The lowest BCUT2D eigenvalue weighted by molar-refractivity contribution is -0.195. The molecule has 3 heterocycles. The largest absolute Gasteiger partial charge is 0.479 e. The molecule has 1 aliphatic carbocycles. The lowest BCUT2D eigenvalue weighted by Crippen LogP contribution is -2.52. The van der Waals surface area contributed by atoms with Gasteiger partial charge in [-0.25, -0.2) is 19.2 Å². The third-order valence-electron chi connectivity index (χ3n) is 14.2. The molecule has 0 radical (unpaired) electrons. The van der Waals surface area contributed by atoms with Crippen LogP contribution in [0.5, 0.6) is 5.75 Å². The van der Waals surface area contributed by atoms with E-state index in [0.29, 0.717) is 28.3 Å². The van der Waals surface area contributed by atoms with Gasteiger partial charge >= 0.3 is 24.2 Å². The van der Waals surface area contributed by atoms with Crippen LogP contribution in [-0.4, -0.2) is 132 Å². The highest BCUT2D eigenvalue weighted by molar-refractivity contribution is 6.31. The Balaban J connectivity index is 0.00000445. The van der Waals surface area contributed by atoms with Crippen molar-refractivity contribution in [3.8, 4) is 16.9 Å². The van der Waals surface area contributed by atoms with E-state index < -0.39 is 60.5 Å². The van der Waals surface area contributed by atoms with Gasteiger partial charge in [-0.15, -0.1) is 0 Å². The second-order valence-corrected chi connectivity index (χ2v) is 20.3. The van der Waals surface area contributed by atoms with Gasteiger partial charge in [-0.3, -0.25) is 24.5 Å². The number of aliphatic hydroxyl groups is 1. The number of carbonyl (C=O) groups is 8. The summed E-state index contributed by atoms with van der Waals surface area (Å²) < 4.78 is 28.5. The molecule has 9 rings (SSSR count). The molecule has 0 bridgehead atoms. The normalized spacial score (nSPS) is 17.8. The maximum atomic E-state index is 13.3. The van der Waals surface area contributed by atoms with Gasteiger partial charge in [0.1, 0.15) is 25.0 Å². The number of fused-ring (bicyclic) bond motifs is 4. The molecule has 2 saturated heterocycles. The lowest BCUT2D eigenvalue weighted by atomic mass is 9.98. The molecule has 7 N–H and O–H groups in total. The van der Waals surface area contributed by atoms with E-state index in [0.717, 1.165) is 38.9 Å². The Labute approximate surface area is 484 Å². The van der Waals surface area contributed by atoms with Gasteiger partial charge in [-0.1, -0.05) is 98.2 Å². The van der Waals surface area contributed by atoms with Gasteiger partial charge in [-0.2, -0.15) is 0 Å². The number of piperidine rings is 1. The van der Waals surface area contributed by atoms with Gasteiger partial charge in [0, 0.05) is 81.1 Å². The number of nitrogens with one attached hydrogen (secondary N) is 5. The van der Waals surface area contributed by atoms with Crippen LogP contribution in [0.3, 0.4) is 0 Å². The second kappa shape index (κ2) is 28.4. The minimum absolute atomic E-state index is 0.0384. The number of carboxylic acids is 1. The Morgan fingerprint density at radius 2 is 1.57 bits per heavy atom. The summed E-state index contributed by atoms with van der Waals surface area (Å²) in [6.45, 7) is 4.80. The standard InChI is InChI=1S/C58H60ClN7O15.C2H6/c1-65(21-23-77-22-19-35-12-13-37(26-45(35)59)62-56(74)61-29-33-10-14-39-36(24-33)30-66(54(39)71)47-15-17-50(68)64-53(47)70)58(76)79-31-34-11-16-48(80-52-28-38(67)27-49(81-52)55(72)73)46(25-34)63-51(69)18-20-60-57(75)78-32-44-42-8-4-2-6-40(42)41-7-3-5-9-43(41)44;1-2/h2-14,16,24-26,38,44,47,49,52,67H,15,17-23,27-32H2,1H3,(H,60,75)(H,63,69)(H,72,73)(H2,61,62,74)(H,64,68,70);1-2H3. The Morgan fingerprint density at radius 1 is 0.831 bits per heavy atom. The maximum Gasteiger partial charge on any atom is 0.409 e. The fourth-order valence-electron chi connectivity index (χ4n) is 10.00. The molecule has 22 nitrogen and oxygen atoms in total. The highest BCUT2D eigenvalue weighted by Gasteiger charge is 2.39. The third-order valence-corrected chi connectivity index (χ3v) is 14.5. The lowest BCUT2D eigenvalue weighted by Gasteiger charge is -2.31. The van der Waals surface area contributed by atoms with Crippen LogP contribution < -0.4 is 31.3 Å². The fourth-order valence-corrected chi connectivity index (χ4v) is 10.3. The van der Waals surface area contributed by atoms with Crippen LogP contribution in [0.15, 0.2) is 103 Å². The Morgan fingerprint density at radius 3 is 2.29 bits per heavy atom. The van der Waals surface area contributed by atoms with Crippen LogP contribution in [-0.2, 0) is 64.2 Å². The first kappa shape index (κ1) is 60.5. The van der Waals surface area contributed by atoms with Crippen LogP contribution >= 0.6 is 11.6 Å². The summed E-state index contributed by atoms with van der Waals surface area (Å²) in [5, 5.41) is 33.5. The van der Waals surface area contributed by atoms with Crippen LogP contribution in [0.2, 0.25) is 5.02 Å². The number of likely N-dealkylation sites (N-methyl/N-ethyl adjacent to an activating group) is 1. The molecule has 23 heteroatoms. The number of rotatable bonds is 21. The van der Waals surface area contributed by atoms with Crippen molar-refractivity contribution >= 4 is 70.8 Å². The minimum atomic E-state index is -1.32. The highest BCUT2D eigenvalue weighted by Crippen LogP contribution is 2.44. The summed E-state index contributed by atoms with van der Waals surface area (Å²) >= 11 is 6.56. The summed E-state index contributed by atoms with van der Waals surface area (Å²) in [5.41, 5.74) is 8.05.